The van der Waals surface area contributed by atoms with Crippen molar-refractivity contribution in [2.45, 2.75) is 38.9 Å². The molecule has 6 aromatic rings. The summed E-state index contributed by atoms with van der Waals surface area (Å²) >= 11 is 0. The topological polar surface area (TPSA) is 122 Å². The van der Waals surface area contributed by atoms with Crippen LogP contribution in [0.1, 0.15) is 50.1 Å². The lowest BCUT2D eigenvalue weighted by atomic mass is 9.93. The van der Waals surface area contributed by atoms with Crippen molar-refractivity contribution in [3.05, 3.63) is 159 Å². The fraction of sp³-hybridized carbons (Fsp3) is 0.368. The van der Waals surface area contributed by atoms with E-state index in [4.69, 9.17) is 42.6 Å². The molecule has 1 aliphatic carbocycles. The van der Waals surface area contributed by atoms with Crippen molar-refractivity contribution >= 4 is 0 Å². The molecule has 13 aliphatic heterocycles. The molecule has 70 heavy (non-hydrogen) atoms. The highest BCUT2D eigenvalue weighted by molar-refractivity contribution is 5.62. The van der Waals surface area contributed by atoms with Crippen LogP contribution in [-0.2, 0) is 38.9 Å². The molecule has 0 saturated carbocycles. The molecule has 0 amide bonds. The molecule has 0 aromatic heterocycles. The number of nitrogens with zero attached hydrogens (tertiary/aromatic N) is 1. The van der Waals surface area contributed by atoms with E-state index in [0.717, 1.165) is 110 Å². The molecule has 13 nitrogen and oxygen atoms in total. The van der Waals surface area contributed by atoms with E-state index in [-0.39, 0.29) is 0 Å². The van der Waals surface area contributed by atoms with Gasteiger partial charge in [-0.15, -0.1) is 0 Å². The Kier molecular flexibility index (Phi) is 16.8. The predicted molar refractivity (Wildman–Crippen MR) is 271 cm³/mol. The van der Waals surface area contributed by atoms with Crippen LogP contribution in [0.2, 0.25) is 0 Å². The van der Waals surface area contributed by atoms with Gasteiger partial charge in [0.15, 0.2) is 34.5 Å². The highest BCUT2D eigenvalue weighted by Crippen LogP contribution is 2.45. The lowest BCUT2D eigenvalue weighted by Gasteiger charge is -2.23. The number of hydrogen-bond donors (Lipinski definition) is 3. The fourth-order valence-electron chi connectivity index (χ4n) is 9.39. The van der Waals surface area contributed by atoms with E-state index >= 15 is 0 Å². The van der Waals surface area contributed by atoms with Gasteiger partial charge >= 0.3 is 0 Å². The lowest BCUT2D eigenvalue weighted by Crippen LogP contribution is -2.40. The summed E-state index contributed by atoms with van der Waals surface area (Å²) in [5.41, 5.74) is 9.84. The molecule has 13 heterocycles. The van der Waals surface area contributed by atoms with Gasteiger partial charge in [-0.05, 0) is 88.0 Å². The fourth-order valence-corrected chi connectivity index (χ4v) is 9.39. The first-order valence-corrected chi connectivity index (χ1v) is 24.5. The maximum absolute atomic E-state index is 6.46. The highest BCUT2D eigenvalue weighted by Gasteiger charge is 2.27. The van der Waals surface area contributed by atoms with Crippen molar-refractivity contribution in [1.29, 1.82) is 0 Å². The van der Waals surface area contributed by atoms with Crippen LogP contribution >= 0.6 is 0 Å². The molecular formula is C57H66N4O9. The van der Waals surface area contributed by atoms with Gasteiger partial charge in [0.05, 0.1) is 21.3 Å². The summed E-state index contributed by atoms with van der Waals surface area (Å²) in [5.74, 6) is 6.31. The minimum absolute atomic E-state index is 0.326. The highest BCUT2D eigenvalue weighted by atomic mass is 16.6. The predicted octanol–water partition coefficient (Wildman–Crippen LogP) is 7.77. The van der Waals surface area contributed by atoms with Crippen molar-refractivity contribution < 1.29 is 42.6 Å². The second-order valence-electron chi connectivity index (χ2n) is 17.6. The van der Waals surface area contributed by atoms with Gasteiger partial charge in [0.2, 0.25) is 0 Å². The second kappa shape index (κ2) is 24.3. The van der Waals surface area contributed by atoms with E-state index < -0.39 is 0 Å². The summed E-state index contributed by atoms with van der Waals surface area (Å²) < 4.78 is 56.7. The molecule has 3 N–H and O–H groups in total. The smallest absolute Gasteiger partial charge is 0.164 e. The first-order valence-electron chi connectivity index (χ1n) is 24.5. The molecule has 0 saturated heterocycles. The van der Waals surface area contributed by atoms with Gasteiger partial charge in [0, 0.05) is 94.9 Å². The third kappa shape index (κ3) is 12.4. The molecule has 14 aliphatic rings. The number of ether oxygens (including phenoxy) is 9. The van der Waals surface area contributed by atoms with Gasteiger partial charge in [-0.1, -0.05) is 54.6 Å². The van der Waals surface area contributed by atoms with E-state index in [2.05, 4.69) is 75.4 Å². The molecule has 20 rings (SSSR count). The monoisotopic (exact) mass is 950 g/mol. The normalized spacial score (nSPS) is 16.5. The summed E-state index contributed by atoms with van der Waals surface area (Å²) in [6, 6.07) is 37.2. The average molecular weight is 951 g/mol. The third-order valence-electron chi connectivity index (χ3n) is 13.1. The van der Waals surface area contributed by atoms with Crippen LogP contribution in [0.4, 0.5) is 0 Å². The molecular weight excluding hydrogens is 885 g/mol. The summed E-state index contributed by atoms with van der Waals surface area (Å²) in [4.78, 5) is 2.50. The first-order chi connectivity index (χ1) is 34.5. The number of rotatable bonds is 3. The Morgan fingerprint density at radius 3 is 0.929 bits per heavy atom. The van der Waals surface area contributed by atoms with Crippen molar-refractivity contribution in [2.24, 2.45) is 0 Å². The molecule has 0 unspecified atom stereocenters. The Hall–Kier alpha value is -6.64. The van der Waals surface area contributed by atoms with E-state index in [1.807, 2.05) is 54.6 Å². The van der Waals surface area contributed by atoms with Crippen molar-refractivity contribution in [3.8, 4) is 51.7 Å². The van der Waals surface area contributed by atoms with Crippen LogP contribution in [0.15, 0.2) is 109 Å². The summed E-state index contributed by atoms with van der Waals surface area (Å²) in [7, 11) is 5.10. The SMILES string of the molecule is COc1c2ccc3c1Cc1ccc4c(OC)c1Cc1ccc(c(OC)c1C3)OCCOc1ccc(cc1)CNCCN(CCNCc1ccc(cc1)OCCO2)CCNCc1ccc(cc1)OCCO4. The van der Waals surface area contributed by atoms with Gasteiger partial charge in [-0.3, -0.25) is 4.90 Å². The van der Waals surface area contributed by atoms with Gasteiger partial charge in [0.25, 0.3) is 0 Å². The third-order valence-corrected chi connectivity index (χ3v) is 13.1. The van der Waals surface area contributed by atoms with Crippen LogP contribution in [0.3, 0.4) is 0 Å². The van der Waals surface area contributed by atoms with Crippen LogP contribution in [0, 0.1) is 0 Å². The largest absolute Gasteiger partial charge is 0.493 e. The van der Waals surface area contributed by atoms with Crippen molar-refractivity contribution in [1.82, 2.24) is 20.9 Å². The van der Waals surface area contributed by atoms with Crippen LogP contribution < -0.4 is 58.6 Å². The Labute approximate surface area is 412 Å². The van der Waals surface area contributed by atoms with E-state index in [9.17, 15) is 0 Å². The van der Waals surface area contributed by atoms with Crippen molar-refractivity contribution in [2.75, 3.05) is 100 Å². The van der Waals surface area contributed by atoms with Crippen molar-refractivity contribution in [3.63, 3.8) is 0 Å². The zero-order chi connectivity index (χ0) is 47.9. The molecule has 0 spiro atoms. The minimum atomic E-state index is 0.326. The average Bonchev–Trinajstić information content (AvgIpc) is 3.45. The second-order valence-corrected chi connectivity index (χ2v) is 17.6. The van der Waals surface area contributed by atoms with E-state index in [1.54, 1.807) is 21.3 Å². The zero-order valence-electron chi connectivity index (χ0n) is 40.7. The van der Waals surface area contributed by atoms with Gasteiger partial charge in [0.1, 0.15) is 56.9 Å². The lowest BCUT2D eigenvalue weighted by molar-refractivity contribution is 0.210. The zero-order valence-corrected chi connectivity index (χ0v) is 40.7. The Morgan fingerprint density at radius 2 is 0.643 bits per heavy atom. The molecule has 368 valence electrons. The summed E-state index contributed by atoms with van der Waals surface area (Å²) in [5, 5.41) is 11.0. The number of hydrogen-bond acceptors (Lipinski definition) is 13. The number of nitrogens with one attached hydrogen (secondary N) is 3. The Balaban J connectivity index is 1.08. The maximum atomic E-state index is 6.46. The quantitative estimate of drug-likeness (QED) is 0.160. The molecule has 16 bridgehead atoms. The Bertz CT molecular complexity index is 2340. The van der Waals surface area contributed by atoms with Crippen LogP contribution in [0.25, 0.3) is 0 Å². The van der Waals surface area contributed by atoms with E-state index in [1.165, 1.54) is 16.7 Å². The van der Waals surface area contributed by atoms with Crippen LogP contribution in [-0.4, -0.2) is 105 Å². The maximum Gasteiger partial charge on any atom is 0.164 e. The minimum Gasteiger partial charge on any atom is -0.493 e. The van der Waals surface area contributed by atoms with E-state index in [0.29, 0.717) is 93.4 Å². The number of methoxy groups -OCH3 is 3. The molecule has 0 atom stereocenters. The van der Waals surface area contributed by atoms with Gasteiger partial charge < -0.3 is 58.6 Å². The van der Waals surface area contributed by atoms with Gasteiger partial charge in [-0.25, -0.2) is 0 Å². The molecule has 0 radical (unpaired) electrons. The molecule has 13 heteroatoms. The standard InChI is InChI=1S/C57H66N4O9/c1-62-55-49-34-44-11-20-53-57(64-3)51(44)36-45-12-21-54-56(63-2)50(45)35-43(49)10-19-52(55)68-31-28-65-46-13-4-40(5-14-46)37-58-22-25-61(26-23-59-38-41-6-15-47(16-7-41)66-29-32-69-53)27-24-60-39-42-8-17-48(18-9-42)67-30-33-70-54/h4-21,58-60H,22-39H2,1-3H3. The Morgan fingerprint density at radius 1 is 0.357 bits per heavy atom. The number of benzene rings is 6. The molecule has 6 aromatic carbocycles. The first kappa shape index (κ1) is 48.4. The molecule has 0 fully saturated rings. The summed E-state index contributed by atoms with van der Waals surface area (Å²) in [6.45, 7) is 9.71. The van der Waals surface area contributed by atoms with Gasteiger partial charge in [-0.2, -0.15) is 0 Å². The summed E-state index contributed by atoms with van der Waals surface area (Å²) in [6.07, 6.45) is 1.67. The van der Waals surface area contributed by atoms with Crippen LogP contribution in [0.5, 0.6) is 51.7 Å².